The van der Waals surface area contributed by atoms with Crippen LogP contribution in [-0.2, 0) is 4.74 Å². The first-order valence-electron chi connectivity index (χ1n) is 6.42. The monoisotopic (exact) mass is 297 g/mol. The minimum atomic E-state index is -0.568. The lowest BCUT2D eigenvalue weighted by molar-refractivity contribution is -0.384. The van der Waals surface area contributed by atoms with Crippen LogP contribution >= 0.6 is 0 Å². The van der Waals surface area contributed by atoms with E-state index in [0.29, 0.717) is 22.4 Å². The van der Waals surface area contributed by atoms with Crippen molar-refractivity contribution in [3.05, 3.63) is 58.6 Å². The van der Waals surface area contributed by atoms with Gasteiger partial charge in [-0.2, -0.15) is 0 Å². The average Bonchev–Trinajstić information content (AvgIpc) is 2.93. The summed E-state index contributed by atoms with van der Waals surface area (Å²) in [6.45, 7) is 0. The number of para-hydroxylation sites is 2. The van der Waals surface area contributed by atoms with Crippen molar-refractivity contribution in [3.63, 3.8) is 0 Å². The topological polar surface area (TPSA) is 87.3 Å². The third kappa shape index (κ3) is 2.18. The summed E-state index contributed by atoms with van der Waals surface area (Å²) in [5.41, 5.74) is 1.82. The number of benzene rings is 2. The maximum atomic E-state index is 12.1. The molecule has 0 bridgehead atoms. The molecule has 1 aromatic heterocycles. The van der Waals surface area contributed by atoms with Crippen LogP contribution in [0, 0.1) is 10.1 Å². The molecule has 0 saturated carbocycles. The third-order valence-electron chi connectivity index (χ3n) is 3.25. The molecule has 2 aromatic carbocycles. The van der Waals surface area contributed by atoms with Crippen molar-refractivity contribution in [3.8, 4) is 11.4 Å². The predicted octanol–water partition coefficient (Wildman–Crippen LogP) is 3.23. The van der Waals surface area contributed by atoms with Crippen molar-refractivity contribution >= 4 is 22.8 Å². The number of nitro benzene ring substituents is 1. The molecule has 0 aliphatic carbocycles. The van der Waals surface area contributed by atoms with E-state index in [0.717, 1.165) is 0 Å². The van der Waals surface area contributed by atoms with Gasteiger partial charge in [-0.1, -0.05) is 12.1 Å². The fourth-order valence-electron chi connectivity index (χ4n) is 2.23. The summed E-state index contributed by atoms with van der Waals surface area (Å²) >= 11 is 0. The second-order valence-corrected chi connectivity index (χ2v) is 4.53. The number of nitrogens with zero attached hydrogens (tertiary/aromatic N) is 3. The lowest BCUT2D eigenvalue weighted by Crippen LogP contribution is -2.12. The molecule has 0 N–H and O–H groups in total. The van der Waals surface area contributed by atoms with Crippen molar-refractivity contribution in [1.82, 2.24) is 9.55 Å². The standard InChI is InChI=1S/C15H11N3O4/c1-22-15(19)17-13-5-3-2-4-12(13)16-14(17)10-6-8-11(9-7-10)18(20)21/h2-9H,1H3. The molecule has 7 heteroatoms. The molecule has 0 saturated heterocycles. The van der Waals surface area contributed by atoms with Gasteiger partial charge in [-0.05, 0) is 24.3 Å². The minimum Gasteiger partial charge on any atom is -0.452 e. The molecular weight excluding hydrogens is 286 g/mol. The van der Waals surface area contributed by atoms with Crippen molar-refractivity contribution in [2.45, 2.75) is 0 Å². The molecule has 0 fully saturated rings. The smallest absolute Gasteiger partial charge is 0.419 e. The lowest BCUT2D eigenvalue weighted by atomic mass is 10.2. The van der Waals surface area contributed by atoms with Gasteiger partial charge in [0.15, 0.2) is 5.82 Å². The molecule has 0 unspecified atom stereocenters. The Morgan fingerprint density at radius 3 is 2.50 bits per heavy atom. The van der Waals surface area contributed by atoms with E-state index in [-0.39, 0.29) is 5.69 Å². The molecule has 3 aromatic rings. The van der Waals surface area contributed by atoms with Gasteiger partial charge in [-0.15, -0.1) is 0 Å². The number of carbonyl (C=O) groups is 1. The Kier molecular flexibility index (Phi) is 3.30. The highest BCUT2D eigenvalue weighted by atomic mass is 16.6. The molecule has 1 heterocycles. The largest absolute Gasteiger partial charge is 0.452 e. The molecule has 0 radical (unpaired) electrons. The van der Waals surface area contributed by atoms with Crippen molar-refractivity contribution < 1.29 is 14.5 Å². The lowest BCUT2D eigenvalue weighted by Gasteiger charge is -2.06. The number of fused-ring (bicyclic) bond motifs is 1. The SMILES string of the molecule is COC(=O)n1c(-c2ccc([N+](=O)[O-])cc2)nc2ccccc21. The van der Waals surface area contributed by atoms with Crippen molar-refractivity contribution in [1.29, 1.82) is 0 Å². The highest BCUT2D eigenvalue weighted by Crippen LogP contribution is 2.26. The maximum Gasteiger partial charge on any atom is 0.419 e. The Labute approximate surface area is 124 Å². The van der Waals surface area contributed by atoms with Gasteiger partial charge >= 0.3 is 6.09 Å². The summed E-state index contributed by atoms with van der Waals surface area (Å²) < 4.78 is 6.15. The number of imidazole rings is 1. The molecule has 0 aliphatic heterocycles. The Hall–Kier alpha value is -3.22. The maximum absolute atomic E-state index is 12.1. The van der Waals surface area contributed by atoms with Gasteiger partial charge in [-0.3, -0.25) is 10.1 Å². The Balaban J connectivity index is 2.21. The molecule has 7 nitrogen and oxygen atoms in total. The van der Waals surface area contributed by atoms with Crippen LogP contribution in [0.5, 0.6) is 0 Å². The van der Waals surface area contributed by atoms with Crippen LogP contribution in [0.4, 0.5) is 10.5 Å². The third-order valence-corrected chi connectivity index (χ3v) is 3.25. The second-order valence-electron chi connectivity index (χ2n) is 4.53. The number of rotatable bonds is 2. The molecular formula is C15H11N3O4. The average molecular weight is 297 g/mol. The summed E-state index contributed by atoms with van der Waals surface area (Å²) in [6, 6.07) is 13.0. The number of aromatic nitrogens is 2. The number of carbonyl (C=O) groups excluding carboxylic acids is 1. The van der Waals surface area contributed by atoms with Gasteiger partial charge in [-0.25, -0.2) is 14.3 Å². The fourth-order valence-corrected chi connectivity index (χ4v) is 2.23. The summed E-state index contributed by atoms with van der Waals surface area (Å²) in [4.78, 5) is 26.7. The highest BCUT2D eigenvalue weighted by molar-refractivity contribution is 5.91. The quantitative estimate of drug-likeness (QED) is 0.535. The van der Waals surface area contributed by atoms with Crippen LogP contribution in [0.3, 0.4) is 0 Å². The van der Waals surface area contributed by atoms with Crippen LogP contribution in [0.15, 0.2) is 48.5 Å². The molecule has 0 aliphatic rings. The zero-order valence-electron chi connectivity index (χ0n) is 11.6. The van der Waals surface area contributed by atoms with Gasteiger partial charge in [0.05, 0.1) is 23.1 Å². The first kappa shape index (κ1) is 13.7. The Bertz CT molecular complexity index is 868. The molecule has 0 amide bonds. The van der Waals surface area contributed by atoms with Crippen LogP contribution in [0.25, 0.3) is 22.4 Å². The summed E-state index contributed by atoms with van der Waals surface area (Å²) in [5, 5.41) is 10.7. The van der Waals surface area contributed by atoms with E-state index in [9.17, 15) is 14.9 Å². The number of methoxy groups -OCH3 is 1. The van der Waals surface area contributed by atoms with E-state index in [1.54, 1.807) is 30.3 Å². The van der Waals surface area contributed by atoms with E-state index in [1.165, 1.54) is 23.8 Å². The molecule has 22 heavy (non-hydrogen) atoms. The van der Waals surface area contributed by atoms with Gasteiger partial charge in [0.25, 0.3) is 5.69 Å². The zero-order valence-corrected chi connectivity index (χ0v) is 11.6. The fraction of sp³-hybridized carbons (Fsp3) is 0.0667. The predicted molar refractivity (Wildman–Crippen MR) is 79.6 cm³/mol. The van der Waals surface area contributed by atoms with Gasteiger partial charge in [0.2, 0.25) is 0 Å². The van der Waals surface area contributed by atoms with Crippen molar-refractivity contribution in [2.24, 2.45) is 0 Å². The van der Waals surface area contributed by atoms with Crippen LogP contribution in [0.2, 0.25) is 0 Å². The van der Waals surface area contributed by atoms with E-state index >= 15 is 0 Å². The normalized spacial score (nSPS) is 10.6. The van der Waals surface area contributed by atoms with Crippen LogP contribution in [-0.4, -0.2) is 27.7 Å². The van der Waals surface area contributed by atoms with E-state index < -0.39 is 11.0 Å². The molecule has 0 spiro atoms. The Morgan fingerprint density at radius 1 is 1.18 bits per heavy atom. The highest BCUT2D eigenvalue weighted by Gasteiger charge is 2.18. The number of non-ortho nitro benzene ring substituents is 1. The number of hydrogen-bond acceptors (Lipinski definition) is 5. The number of hydrogen-bond donors (Lipinski definition) is 0. The second kappa shape index (κ2) is 5.28. The number of ether oxygens (including phenoxy) is 1. The Morgan fingerprint density at radius 2 is 1.86 bits per heavy atom. The van der Waals surface area contributed by atoms with Crippen LogP contribution in [0.1, 0.15) is 0 Å². The summed E-state index contributed by atoms with van der Waals surface area (Å²) in [6.07, 6.45) is -0.568. The van der Waals surface area contributed by atoms with E-state index in [1.807, 2.05) is 6.07 Å². The first-order valence-corrected chi connectivity index (χ1v) is 6.42. The zero-order chi connectivity index (χ0) is 15.7. The van der Waals surface area contributed by atoms with Gasteiger partial charge in [0.1, 0.15) is 0 Å². The van der Waals surface area contributed by atoms with E-state index in [2.05, 4.69) is 4.98 Å². The van der Waals surface area contributed by atoms with Crippen LogP contribution < -0.4 is 0 Å². The van der Waals surface area contributed by atoms with Gasteiger partial charge in [0, 0.05) is 17.7 Å². The molecule has 0 atom stereocenters. The minimum absolute atomic E-state index is 0.0236. The number of nitro groups is 1. The van der Waals surface area contributed by atoms with Gasteiger partial charge < -0.3 is 4.74 Å². The summed E-state index contributed by atoms with van der Waals surface area (Å²) in [7, 11) is 1.29. The molecule has 3 rings (SSSR count). The van der Waals surface area contributed by atoms with E-state index in [4.69, 9.17) is 4.74 Å². The first-order chi connectivity index (χ1) is 10.6. The summed E-state index contributed by atoms with van der Waals surface area (Å²) in [5.74, 6) is 0.378. The van der Waals surface area contributed by atoms with Crippen molar-refractivity contribution in [2.75, 3.05) is 7.11 Å². The molecule has 110 valence electrons.